The molecule has 0 amide bonds. The zero-order chi connectivity index (χ0) is 34.7. The maximum atomic E-state index is 12.6. The van der Waals surface area contributed by atoms with Crippen molar-refractivity contribution in [3.8, 4) is 11.1 Å². The molecule has 0 fully saturated rings. The number of hydrogen-bond acceptors (Lipinski definition) is 6. The number of carbonyl (C=O) groups is 2. The molecular formula is C42H68N2O4. The summed E-state index contributed by atoms with van der Waals surface area (Å²) in [6.45, 7) is 8.40. The van der Waals surface area contributed by atoms with Gasteiger partial charge in [-0.15, -0.1) is 0 Å². The highest BCUT2D eigenvalue weighted by Gasteiger charge is 2.14. The number of ether oxygens (including phenoxy) is 2. The number of esters is 2. The lowest BCUT2D eigenvalue weighted by Crippen LogP contribution is -2.23. The fourth-order valence-electron chi connectivity index (χ4n) is 6.10. The predicted molar refractivity (Wildman–Crippen MR) is 201 cm³/mol. The molecule has 2 rings (SSSR count). The summed E-state index contributed by atoms with van der Waals surface area (Å²) in [5.74, 6) is -0.357. The highest BCUT2D eigenvalue weighted by Crippen LogP contribution is 2.28. The molecule has 0 aliphatic heterocycles. The maximum absolute atomic E-state index is 12.6. The fraction of sp³-hybridized carbons (Fsp3) is 0.667. The molecule has 0 saturated heterocycles. The first kappa shape index (κ1) is 41.5. The molecule has 2 aromatic carbocycles. The van der Waals surface area contributed by atoms with Crippen LogP contribution in [0.1, 0.15) is 141 Å². The zero-order valence-corrected chi connectivity index (χ0v) is 31.1. The van der Waals surface area contributed by atoms with Crippen molar-refractivity contribution < 1.29 is 19.1 Å². The van der Waals surface area contributed by atoms with Gasteiger partial charge in [-0.3, -0.25) is 9.59 Å². The van der Waals surface area contributed by atoms with Gasteiger partial charge in [-0.05, 0) is 62.3 Å². The quantitative estimate of drug-likeness (QED) is 0.0637. The van der Waals surface area contributed by atoms with Crippen molar-refractivity contribution in [3.05, 3.63) is 59.7 Å². The van der Waals surface area contributed by atoms with Crippen LogP contribution in [0.15, 0.2) is 48.5 Å². The Kier molecular flexibility index (Phi) is 23.5. The third-order valence-electron chi connectivity index (χ3n) is 9.28. The van der Waals surface area contributed by atoms with E-state index in [-0.39, 0.29) is 25.2 Å². The van der Waals surface area contributed by atoms with Crippen LogP contribution in [0.4, 0.5) is 0 Å². The predicted octanol–water partition coefficient (Wildman–Crippen LogP) is 10.4. The van der Waals surface area contributed by atoms with Crippen molar-refractivity contribution in [2.24, 2.45) is 0 Å². The van der Waals surface area contributed by atoms with Crippen LogP contribution in [0, 0.1) is 0 Å². The van der Waals surface area contributed by atoms with E-state index in [0.717, 1.165) is 35.3 Å². The van der Waals surface area contributed by atoms with E-state index in [9.17, 15) is 9.59 Å². The van der Waals surface area contributed by atoms with Crippen LogP contribution in [0.3, 0.4) is 0 Å². The first-order valence-electron chi connectivity index (χ1n) is 19.3. The molecule has 0 aliphatic carbocycles. The van der Waals surface area contributed by atoms with Crippen molar-refractivity contribution in [3.63, 3.8) is 0 Å². The number of nitrogens with zero attached hydrogens (tertiary/aromatic N) is 2. The average Bonchev–Trinajstić information content (AvgIpc) is 3.10. The lowest BCUT2D eigenvalue weighted by atomic mass is 9.96. The molecule has 0 N–H and O–H groups in total. The van der Waals surface area contributed by atoms with Gasteiger partial charge in [0.1, 0.15) is 13.2 Å². The van der Waals surface area contributed by atoms with Gasteiger partial charge in [-0.25, -0.2) is 0 Å². The topological polar surface area (TPSA) is 59.1 Å². The Balaban J connectivity index is 1.73. The summed E-state index contributed by atoms with van der Waals surface area (Å²) in [5.41, 5.74) is 3.88. The van der Waals surface area contributed by atoms with Crippen molar-refractivity contribution >= 4 is 11.9 Å². The van der Waals surface area contributed by atoms with Crippen LogP contribution in [0.25, 0.3) is 11.1 Å². The lowest BCUT2D eigenvalue weighted by Gasteiger charge is -2.17. The molecule has 270 valence electrons. The Morgan fingerprint density at radius 1 is 0.479 bits per heavy atom. The van der Waals surface area contributed by atoms with Gasteiger partial charge in [0.25, 0.3) is 0 Å². The van der Waals surface area contributed by atoms with Gasteiger partial charge in [0.15, 0.2) is 0 Å². The van der Waals surface area contributed by atoms with Crippen molar-refractivity contribution in [2.45, 2.75) is 143 Å². The van der Waals surface area contributed by atoms with Gasteiger partial charge < -0.3 is 19.3 Å². The molecule has 6 nitrogen and oxygen atoms in total. The third-order valence-corrected chi connectivity index (χ3v) is 9.28. The Morgan fingerprint density at radius 3 is 1.19 bits per heavy atom. The lowest BCUT2D eigenvalue weighted by molar-refractivity contribution is -0.146. The Hall–Kier alpha value is -2.70. The van der Waals surface area contributed by atoms with Gasteiger partial charge in [0.05, 0.1) is 12.8 Å². The molecule has 48 heavy (non-hydrogen) atoms. The van der Waals surface area contributed by atoms with Crippen molar-refractivity contribution in [1.29, 1.82) is 0 Å². The van der Waals surface area contributed by atoms with Crippen LogP contribution in [0.5, 0.6) is 0 Å². The largest absolute Gasteiger partial charge is 0.461 e. The van der Waals surface area contributed by atoms with Gasteiger partial charge in [0.2, 0.25) is 0 Å². The monoisotopic (exact) mass is 665 g/mol. The molecule has 6 heteroatoms. The van der Waals surface area contributed by atoms with Crippen LogP contribution < -0.4 is 0 Å². The van der Waals surface area contributed by atoms with Gasteiger partial charge in [0, 0.05) is 13.1 Å². The van der Waals surface area contributed by atoms with Crippen LogP contribution in [0.2, 0.25) is 0 Å². The van der Waals surface area contributed by atoms with Gasteiger partial charge >= 0.3 is 11.9 Å². The average molecular weight is 665 g/mol. The number of rotatable bonds is 29. The number of unbranched alkanes of at least 4 members (excludes halogenated alkanes) is 14. The number of benzene rings is 2. The summed E-state index contributed by atoms with van der Waals surface area (Å²) < 4.78 is 11.5. The van der Waals surface area contributed by atoms with E-state index in [2.05, 4.69) is 37.7 Å². The minimum atomic E-state index is -0.179. The van der Waals surface area contributed by atoms with Crippen molar-refractivity contribution in [2.75, 3.05) is 40.3 Å². The molecule has 0 aliphatic rings. The van der Waals surface area contributed by atoms with E-state index in [1.807, 2.05) is 48.5 Å². The molecular weight excluding hydrogens is 596 g/mol. The van der Waals surface area contributed by atoms with E-state index in [1.165, 1.54) is 103 Å². The number of hydrogen-bond donors (Lipinski definition) is 0. The minimum Gasteiger partial charge on any atom is -0.461 e. The Labute approximate surface area is 294 Å². The smallest absolute Gasteiger partial charge is 0.307 e. The van der Waals surface area contributed by atoms with Crippen LogP contribution in [-0.2, 0) is 32.3 Å². The molecule has 2 aromatic rings. The minimum absolute atomic E-state index is 0.179. The molecule has 0 aromatic heterocycles. The first-order valence-corrected chi connectivity index (χ1v) is 19.3. The van der Waals surface area contributed by atoms with E-state index in [0.29, 0.717) is 25.9 Å². The summed E-state index contributed by atoms with van der Waals surface area (Å²) in [6, 6.07) is 16.0. The molecule has 0 spiro atoms. The van der Waals surface area contributed by atoms with Gasteiger partial charge in [-0.1, -0.05) is 152 Å². The normalized spacial score (nSPS) is 11.4. The molecule has 0 saturated carbocycles. The maximum Gasteiger partial charge on any atom is 0.307 e. The summed E-state index contributed by atoms with van der Waals surface area (Å²) >= 11 is 0. The van der Waals surface area contributed by atoms with Crippen LogP contribution >= 0.6 is 0 Å². The van der Waals surface area contributed by atoms with Crippen molar-refractivity contribution in [1.82, 2.24) is 9.80 Å². The SMILES string of the molecule is CCCCCCCCCCN(C)CCC(=O)OCc1ccccc1-c1ccccc1COC(=O)CCN(C)CCCCCCCCCC. The van der Waals surface area contributed by atoms with E-state index in [4.69, 9.17) is 9.47 Å². The highest BCUT2D eigenvalue weighted by molar-refractivity contribution is 5.73. The summed E-state index contributed by atoms with van der Waals surface area (Å²) in [6.07, 6.45) is 21.7. The summed E-state index contributed by atoms with van der Waals surface area (Å²) in [7, 11) is 4.17. The molecule has 0 heterocycles. The molecule has 0 atom stereocenters. The second kappa shape index (κ2) is 27.2. The molecule has 0 radical (unpaired) electrons. The molecule has 0 bridgehead atoms. The number of carbonyl (C=O) groups excluding carboxylic acids is 2. The fourth-order valence-corrected chi connectivity index (χ4v) is 6.10. The van der Waals surface area contributed by atoms with Crippen LogP contribution in [-0.4, -0.2) is 62.0 Å². The highest BCUT2D eigenvalue weighted by atomic mass is 16.5. The second-order valence-corrected chi connectivity index (χ2v) is 13.7. The van der Waals surface area contributed by atoms with E-state index >= 15 is 0 Å². The Morgan fingerprint density at radius 2 is 0.812 bits per heavy atom. The Bertz CT molecular complexity index is 1030. The van der Waals surface area contributed by atoms with Gasteiger partial charge in [-0.2, -0.15) is 0 Å². The summed E-state index contributed by atoms with van der Waals surface area (Å²) in [5, 5.41) is 0. The zero-order valence-electron chi connectivity index (χ0n) is 31.1. The summed E-state index contributed by atoms with van der Waals surface area (Å²) in [4.78, 5) is 29.8. The first-order chi connectivity index (χ1) is 23.4. The second-order valence-electron chi connectivity index (χ2n) is 13.7. The van der Waals surface area contributed by atoms with E-state index in [1.54, 1.807) is 0 Å². The standard InChI is InChI=1S/C42H68N2O4/c1-5-7-9-11-13-15-17-23-31-43(3)33-29-41(45)47-35-37-25-19-21-27-39(37)40-28-22-20-26-38(40)36-48-42(46)30-34-44(4)32-24-18-16-14-12-10-8-6-2/h19-22,25-28H,5-18,23-24,29-36H2,1-4H3. The molecule has 0 unspecified atom stereocenters. The van der Waals surface area contributed by atoms with E-state index < -0.39 is 0 Å². The third kappa shape index (κ3) is 19.3.